The van der Waals surface area contributed by atoms with Crippen molar-refractivity contribution in [3.8, 4) is 5.75 Å². The Morgan fingerprint density at radius 3 is 2.42 bits per heavy atom. The topological polar surface area (TPSA) is 112 Å². The van der Waals surface area contributed by atoms with Crippen LogP contribution in [0.5, 0.6) is 5.75 Å². The van der Waals surface area contributed by atoms with Crippen LogP contribution in [-0.4, -0.2) is 32.3 Å². The standard InChI is InChI=1S/C24H29N5O3S/c1-15(32-17-12-10-16(11-13-17)24(2,3)4)22-27-28-23(29(22)5)33-14-20(30)26-19-9-7-6-8-18(19)21(25)31/h6-13,15H,14H2,1-5H3,(H2,25,31)(H,26,30). The van der Waals surface area contributed by atoms with Crippen LogP contribution < -0.4 is 15.8 Å². The summed E-state index contributed by atoms with van der Waals surface area (Å²) in [5.74, 6) is 0.625. The molecule has 1 unspecified atom stereocenters. The van der Waals surface area contributed by atoms with Crippen LogP contribution >= 0.6 is 11.8 Å². The van der Waals surface area contributed by atoms with E-state index in [-0.39, 0.29) is 28.7 Å². The molecule has 2 amide bonds. The number of amides is 2. The van der Waals surface area contributed by atoms with Gasteiger partial charge in [0.1, 0.15) is 5.75 Å². The number of ether oxygens (including phenoxy) is 1. The van der Waals surface area contributed by atoms with Gasteiger partial charge in [-0.25, -0.2) is 0 Å². The first-order valence-electron chi connectivity index (χ1n) is 10.5. The summed E-state index contributed by atoms with van der Waals surface area (Å²) in [5, 5.41) is 11.7. The van der Waals surface area contributed by atoms with Crippen LogP contribution in [0.3, 0.4) is 0 Å². The van der Waals surface area contributed by atoms with Crippen LogP contribution in [-0.2, 0) is 17.3 Å². The zero-order valence-electron chi connectivity index (χ0n) is 19.5. The predicted molar refractivity (Wildman–Crippen MR) is 130 cm³/mol. The van der Waals surface area contributed by atoms with E-state index in [9.17, 15) is 9.59 Å². The van der Waals surface area contributed by atoms with E-state index in [1.165, 1.54) is 17.3 Å². The number of hydrogen-bond acceptors (Lipinski definition) is 6. The minimum Gasteiger partial charge on any atom is -0.483 e. The van der Waals surface area contributed by atoms with Crippen molar-refractivity contribution < 1.29 is 14.3 Å². The zero-order chi connectivity index (χ0) is 24.2. The number of benzene rings is 2. The van der Waals surface area contributed by atoms with Crippen molar-refractivity contribution in [2.75, 3.05) is 11.1 Å². The molecule has 0 radical (unpaired) electrons. The van der Waals surface area contributed by atoms with Gasteiger partial charge in [0.15, 0.2) is 17.1 Å². The lowest BCUT2D eigenvalue weighted by Crippen LogP contribution is -2.19. The van der Waals surface area contributed by atoms with Gasteiger partial charge in [0.05, 0.1) is 17.0 Å². The zero-order valence-corrected chi connectivity index (χ0v) is 20.3. The molecule has 174 valence electrons. The molecule has 0 fully saturated rings. The Morgan fingerprint density at radius 1 is 1.12 bits per heavy atom. The molecule has 1 heterocycles. The maximum absolute atomic E-state index is 12.4. The van der Waals surface area contributed by atoms with Gasteiger partial charge in [-0.2, -0.15) is 0 Å². The largest absolute Gasteiger partial charge is 0.483 e. The van der Waals surface area contributed by atoms with Gasteiger partial charge in [-0.05, 0) is 42.2 Å². The molecule has 1 atom stereocenters. The molecule has 0 aliphatic carbocycles. The lowest BCUT2D eigenvalue weighted by atomic mass is 9.87. The fourth-order valence-electron chi connectivity index (χ4n) is 3.22. The minimum atomic E-state index is -0.599. The number of nitrogens with zero attached hydrogens (tertiary/aromatic N) is 3. The van der Waals surface area contributed by atoms with E-state index in [1.54, 1.807) is 24.3 Å². The average molecular weight is 468 g/mol. The van der Waals surface area contributed by atoms with E-state index in [1.807, 2.05) is 30.7 Å². The van der Waals surface area contributed by atoms with Gasteiger partial charge in [-0.3, -0.25) is 9.59 Å². The molecular weight excluding hydrogens is 438 g/mol. The monoisotopic (exact) mass is 467 g/mol. The number of nitrogens with two attached hydrogens (primary N) is 1. The summed E-state index contributed by atoms with van der Waals surface area (Å²) in [5.41, 5.74) is 7.31. The number of nitrogens with one attached hydrogen (secondary N) is 1. The quantitative estimate of drug-likeness (QED) is 0.483. The first kappa shape index (κ1) is 24.3. The molecule has 1 aromatic heterocycles. The third-order valence-corrected chi connectivity index (χ3v) is 6.08. The van der Waals surface area contributed by atoms with Crippen LogP contribution in [0.4, 0.5) is 5.69 Å². The molecule has 0 saturated heterocycles. The summed E-state index contributed by atoms with van der Waals surface area (Å²) < 4.78 is 7.86. The molecule has 0 spiro atoms. The highest BCUT2D eigenvalue weighted by Crippen LogP contribution is 2.27. The fourth-order valence-corrected chi connectivity index (χ4v) is 3.94. The first-order chi connectivity index (χ1) is 15.6. The van der Waals surface area contributed by atoms with Gasteiger partial charge >= 0.3 is 0 Å². The highest BCUT2D eigenvalue weighted by Gasteiger charge is 2.19. The Hall–Kier alpha value is -3.33. The highest BCUT2D eigenvalue weighted by molar-refractivity contribution is 7.99. The van der Waals surface area contributed by atoms with E-state index in [2.05, 4.69) is 48.4 Å². The number of carbonyl (C=O) groups is 2. The van der Waals surface area contributed by atoms with E-state index < -0.39 is 5.91 Å². The number of carbonyl (C=O) groups excluding carboxylic acids is 2. The van der Waals surface area contributed by atoms with E-state index in [0.29, 0.717) is 16.7 Å². The van der Waals surface area contributed by atoms with Gasteiger partial charge < -0.3 is 20.4 Å². The second-order valence-electron chi connectivity index (χ2n) is 8.68. The number of hydrogen-bond donors (Lipinski definition) is 2. The molecule has 9 heteroatoms. The van der Waals surface area contributed by atoms with Gasteiger partial charge in [0.2, 0.25) is 5.91 Å². The minimum absolute atomic E-state index is 0.0775. The van der Waals surface area contributed by atoms with Crippen molar-refractivity contribution in [1.82, 2.24) is 14.8 Å². The number of rotatable bonds is 8. The van der Waals surface area contributed by atoms with Crippen molar-refractivity contribution in [2.45, 2.75) is 44.4 Å². The van der Waals surface area contributed by atoms with E-state index in [4.69, 9.17) is 10.5 Å². The van der Waals surface area contributed by atoms with Gasteiger partial charge in [0.25, 0.3) is 5.91 Å². The summed E-state index contributed by atoms with van der Waals surface area (Å²) in [7, 11) is 1.83. The van der Waals surface area contributed by atoms with Crippen molar-refractivity contribution in [2.24, 2.45) is 12.8 Å². The Balaban J connectivity index is 1.60. The van der Waals surface area contributed by atoms with Gasteiger partial charge in [0, 0.05) is 7.05 Å². The van der Waals surface area contributed by atoms with E-state index in [0.717, 1.165) is 5.75 Å². The predicted octanol–water partition coefficient (Wildman–Crippen LogP) is 4.08. The third-order valence-electron chi connectivity index (χ3n) is 5.06. The Bertz CT molecular complexity index is 1140. The van der Waals surface area contributed by atoms with E-state index >= 15 is 0 Å². The summed E-state index contributed by atoms with van der Waals surface area (Å²) in [6.45, 7) is 8.41. The second-order valence-corrected chi connectivity index (χ2v) is 9.62. The van der Waals surface area contributed by atoms with Crippen LogP contribution in [0.1, 0.15) is 55.5 Å². The molecule has 2 aromatic carbocycles. The first-order valence-corrected chi connectivity index (χ1v) is 11.5. The number of para-hydroxylation sites is 1. The molecule has 33 heavy (non-hydrogen) atoms. The van der Waals surface area contributed by atoms with Crippen LogP contribution in [0.2, 0.25) is 0 Å². The average Bonchev–Trinajstić information content (AvgIpc) is 3.12. The molecule has 0 bridgehead atoms. The maximum atomic E-state index is 12.4. The van der Waals surface area contributed by atoms with Crippen molar-refractivity contribution >= 4 is 29.3 Å². The normalized spacial score (nSPS) is 12.3. The Morgan fingerprint density at radius 2 is 1.79 bits per heavy atom. The molecule has 0 aliphatic heterocycles. The summed E-state index contributed by atoms with van der Waals surface area (Å²) in [6, 6.07) is 14.7. The lowest BCUT2D eigenvalue weighted by molar-refractivity contribution is -0.113. The fraction of sp³-hybridized carbons (Fsp3) is 0.333. The molecule has 8 nitrogen and oxygen atoms in total. The third kappa shape index (κ3) is 6.13. The second kappa shape index (κ2) is 10.1. The molecule has 0 aliphatic rings. The summed E-state index contributed by atoms with van der Waals surface area (Å²) in [4.78, 5) is 23.9. The number of thioether (sulfide) groups is 1. The SMILES string of the molecule is CC(Oc1ccc(C(C)(C)C)cc1)c1nnc(SCC(=O)Nc2ccccc2C(N)=O)n1C. The number of anilines is 1. The lowest BCUT2D eigenvalue weighted by Gasteiger charge is -2.20. The maximum Gasteiger partial charge on any atom is 0.250 e. The summed E-state index contributed by atoms with van der Waals surface area (Å²) >= 11 is 1.24. The number of primary amides is 1. The molecule has 3 rings (SSSR count). The van der Waals surface area contributed by atoms with Crippen molar-refractivity contribution in [3.63, 3.8) is 0 Å². The number of aromatic nitrogens is 3. The smallest absolute Gasteiger partial charge is 0.250 e. The molecular formula is C24H29N5O3S. The van der Waals surface area contributed by atoms with Gasteiger partial charge in [-0.15, -0.1) is 10.2 Å². The van der Waals surface area contributed by atoms with Crippen LogP contribution in [0.25, 0.3) is 0 Å². The highest BCUT2D eigenvalue weighted by atomic mass is 32.2. The summed E-state index contributed by atoms with van der Waals surface area (Å²) in [6.07, 6.45) is -0.325. The van der Waals surface area contributed by atoms with Crippen LogP contribution in [0.15, 0.2) is 53.7 Å². The Labute approximate surface area is 197 Å². The van der Waals surface area contributed by atoms with Gasteiger partial charge in [-0.1, -0.05) is 56.8 Å². The van der Waals surface area contributed by atoms with Crippen molar-refractivity contribution in [3.05, 3.63) is 65.5 Å². The van der Waals surface area contributed by atoms with Crippen molar-refractivity contribution in [1.29, 1.82) is 0 Å². The molecule has 0 saturated carbocycles. The Kier molecular flexibility index (Phi) is 7.43. The molecule has 3 N–H and O–H groups in total. The molecule has 3 aromatic rings. The van der Waals surface area contributed by atoms with Crippen LogP contribution in [0, 0.1) is 0 Å².